The Labute approximate surface area is 276 Å². The molecule has 0 saturated carbocycles. The molecule has 2 saturated heterocycles. The molecule has 46 heavy (non-hydrogen) atoms. The molecule has 2 aliphatic heterocycles. The first-order valence-corrected chi connectivity index (χ1v) is 16.9. The Morgan fingerprint density at radius 3 is 2.41 bits per heavy atom. The fourth-order valence-electron chi connectivity index (χ4n) is 6.55. The highest BCUT2D eigenvalue weighted by atomic mass is 35.5. The first-order valence-electron chi connectivity index (χ1n) is 15.5. The summed E-state index contributed by atoms with van der Waals surface area (Å²) >= 11 is 8.40. The van der Waals surface area contributed by atoms with E-state index in [1.165, 1.54) is 10.5 Å². The Kier molecular flexibility index (Phi) is 7.94. The van der Waals surface area contributed by atoms with Crippen molar-refractivity contribution < 1.29 is 9.13 Å². The lowest BCUT2D eigenvalue weighted by Crippen LogP contribution is -2.51. The van der Waals surface area contributed by atoms with E-state index in [-0.39, 0.29) is 23.8 Å². The summed E-state index contributed by atoms with van der Waals surface area (Å²) in [4.78, 5) is 17.5. The summed E-state index contributed by atoms with van der Waals surface area (Å²) in [6.07, 6.45) is 3.93. The second-order valence-electron chi connectivity index (χ2n) is 11.9. The molecular formula is C37H31ClFN5OS. The maximum atomic E-state index is 16.6. The van der Waals surface area contributed by atoms with E-state index in [2.05, 4.69) is 68.7 Å². The molecule has 8 rings (SSSR count). The molecule has 2 aliphatic rings. The van der Waals surface area contributed by atoms with E-state index in [4.69, 9.17) is 21.3 Å². The molecule has 2 bridgehead atoms. The van der Waals surface area contributed by atoms with Crippen molar-refractivity contribution in [2.75, 3.05) is 18.0 Å². The summed E-state index contributed by atoms with van der Waals surface area (Å²) in [5, 5.41) is 6.45. The zero-order valence-corrected chi connectivity index (χ0v) is 26.6. The van der Waals surface area contributed by atoms with Gasteiger partial charge in [-0.05, 0) is 47.6 Å². The topological polar surface area (TPSA) is 63.2 Å². The summed E-state index contributed by atoms with van der Waals surface area (Å²) in [5.41, 5.74) is 3.28. The zero-order chi connectivity index (χ0) is 31.0. The van der Waals surface area contributed by atoms with Gasteiger partial charge in [-0.3, -0.25) is 4.98 Å². The molecule has 2 atom stereocenters. The normalized spacial score (nSPS) is 17.6. The van der Waals surface area contributed by atoms with Gasteiger partial charge in [-0.2, -0.15) is 9.97 Å². The first-order chi connectivity index (χ1) is 22.6. The minimum atomic E-state index is -0.517. The molecule has 2 fully saturated rings. The molecule has 6 nitrogen and oxygen atoms in total. The zero-order valence-electron chi connectivity index (χ0n) is 25.0. The molecule has 0 aliphatic carbocycles. The monoisotopic (exact) mass is 647 g/mol. The summed E-state index contributed by atoms with van der Waals surface area (Å²) < 4.78 is 22.8. The molecule has 1 N–H and O–H groups in total. The van der Waals surface area contributed by atoms with Gasteiger partial charge >= 0.3 is 6.01 Å². The summed E-state index contributed by atoms with van der Waals surface area (Å²) in [6, 6.07) is 31.0. The van der Waals surface area contributed by atoms with Gasteiger partial charge in [0.2, 0.25) is 0 Å². The van der Waals surface area contributed by atoms with Crippen LogP contribution in [0.25, 0.3) is 32.9 Å². The Morgan fingerprint density at radius 1 is 0.870 bits per heavy atom. The third-order valence-corrected chi connectivity index (χ3v) is 10.2. The van der Waals surface area contributed by atoms with Crippen molar-refractivity contribution in [3.8, 4) is 17.3 Å². The Bertz CT molecular complexity index is 2030. The van der Waals surface area contributed by atoms with Gasteiger partial charge in [-0.15, -0.1) is 11.8 Å². The number of nitrogens with zero attached hydrogens (tertiary/aromatic N) is 4. The van der Waals surface area contributed by atoms with E-state index in [0.717, 1.165) is 48.0 Å². The third-order valence-electron chi connectivity index (χ3n) is 8.81. The number of hydrogen-bond donors (Lipinski definition) is 1. The largest absolute Gasteiger partial charge is 0.459 e. The average molecular weight is 648 g/mol. The molecule has 4 heterocycles. The first kappa shape index (κ1) is 29.2. The number of nitrogens with one attached hydrogen (secondary N) is 1. The van der Waals surface area contributed by atoms with E-state index in [0.29, 0.717) is 33.9 Å². The predicted octanol–water partition coefficient (Wildman–Crippen LogP) is 8.45. The van der Waals surface area contributed by atoms with E-state index < -0.39 is 5.82 Å². The average Bonchev–Trinajstić information content (AvgIpc) is 3.44. The van der Waals surface area contributed by atoms with Crippen LogP contribution < -0.4 is 15.0 Å². The van der Waals surface area contributed by atoms with Crippen LogP contribution in [0.4, 0.5) is 10.2 Å². The number of piperazine rings is 1. The lowest BCUT2D eigenvalue weighted by molar-refractivity contribution is 0.281. The van der Waals surface area contributed by atoms with Crippen molar-refractivity contribution in [3.05, 3.63) is 119 Å². The number of pyridine rings is 1. The maximum Gasteiger partial charge on any atom is 0.319 e. The van der Waals surface area contributed by atoms with Gasteiger partial charge in [0.05, 0.1) is 5.39 Å². The molecular weight excluding hydrogens is 617 g/mol. The molecule has 0 spiro atoms. The van der Waals surface area contributed by atoms with Crippen molar-refractivity contribution in [3.63, 3.8) is 0 Å². The van der Waals surface area contributed by atoms with Gasteiger partial charge < -0.3 is 15.0 Å². The molecule has 9 heteroatoms. The highest BCUT2D eigenvalue weighted by Gasteiger charge is 2.34. The van der Waals surface area contributed by atoms with E-state index in [9.17, 15) is 0 Å². The fourth-order valence-corrected chi connectivity index (χ4v) is 7.69. The fraction of sp³-hybridized carbons (Fsp3) is 0.216. The standard InChI is InChI=1S/C37H31ClFN5OS/c38-31-11-5-9-25-8-4-10-29(32(25)31)34-33(39)35-30(18-40-34)36(44-19-26-14-15-27(20-44)41-26)43-37(42-35)45-21-23-12-16-28(17-13-23)46-22-24-6-2-1-3-7-24/h1-13,16-18,26-27,41H,14-15,19-22H2. The third kappa shape index (κ3) is 5.77. The van der Waals surface area contributed by atoms with Gasteiger partial charge in [-0.25, -0.2) is 4.39 Å². The van der Waals surface area contributed by atoms with E-state index >= 15 is 4.39 Å². The lowest BCUT2D eigenvalue weighted by atomic mass is 10.0. The second kappa shape index (κ2) is 12.5. The van der Waals surface area contributed by atoms with Crippen molar-refractivity contribution in [1.82, 2.24) is 20.3 Å². The number of rotatable bonds is 8. The lowest BCUT2D eigenvalue weighted by Gasteiger charge is -2.34. The number of ether oxygens (including phenoxy) is 1. The predicted molar refractivity (Wildman–Crippen MR) is 184 cm³/mol. The smallest absolute Gasteiger partial charge is 0.319 e. The maximum absolute atomic E-state index is 16.6. The van der Waals surface area contributed by atoms with Gasteiger partial charge in [-0.1, -0.05) is 84.4 Å². The highest BCUT2D eigenvalue weighted by molar-refractivity contribution is 7.98. The highest BCUT2D eigenvalue weighted by Crippen LogP contribution is 2.38. The molecule has 2 aromatic heterocycles. The van der Waals surface area contributed by atoms with Crippen molar-refractivity contribution in [1.29, 1.82) is 0 Å². The summed E-state index contributed by atoms with van der Waals surface area (Å²) in [5.74, 6) is 1.04. The number of aromatic nitrogens is 3. The number of halogens is 2. The Hall–Kier alpha value is -4.24. The quantitative estimate of drug-likeness (QED) is 0.166. The Morgan fingerprint density at radius 2 is 1.63 bits per heavy atom. The van der Waals surface area contributed by atoms with Crippen LogP contribution in [-0.4, -0.2) is 40.1 Å². The molecule has 0 radical (unpaired) electrons. The second-order valence-corrected chi connectivity index (χ2v) is 13.4. The van der Waals surface area contributed by atoms with Crippen LogP contribution in [0.5, 0.6) is 6.01 Å². The van der Waals surface area contributed by atoms with Gasteiger partial charge in [0, 0.05) is 58.0 Å². The summed E-state index contributed by atoms with van der Waals surface area (Å²) in [7, 11) is 0. The van der Waals surface area contributed by atoms with Gasteiger partial charge in [0.25, 0.3) is 0 Å². The molecule has 6 aromatic rings. The minimum absolute atomic E-state index is 0.142. The number of fused-ring (bicyclic) bond motifs is 4. The number of benzene rings is 4. The molecule has 4 aromatic carbocycles. The van der Waals surface area contributed by atoms with Crippen molar-refractivity contribution >= 4 is 50.9 Å². The molecule has 2 unspecified atom stereocenters. The van der Waals surface area contributed by atoms with Crippen molar-refractivity contribution in [2.45, 2.75) is 42.2 Å². The van der Waals surface area contributed by atoms with Crippen LogP contribution in [0.2, 0.25) is 5.02 Å². The number of hydrogen-bond acceptors (Lipinski definition) is 7. The van der Waals surface area contributed by atoms with Crippen LogP contribution in [0, 0.1) is 5.82 Å². The van der Waals surface area contributed by atoms with Crippen LogP contribution in [0.1, 0.15) is 24.0 Å². The number of thioether (sulfide) groups is 1. The van der Waals surface area contributed by atoms with Crippen molar-refractivity contribution in [2.24, 2.45) is 0 Å². The van der Waals surface area contributed by atoms with Crippen LogP contribution in [0.3, 0.4) is 0 Å². The molecule has 230 valence electrons. The molecule has 0 amide bonds. The number of anilines is 1. The Balaban J connectivity index is 1.12. The SMILES string of the molecule is Fc1c(-c2cccc3cccc(Cl)c23)ncc2c(N3CC4CCC(C3)N4)nc(OCc3ccc(SCc4ccccc4)cc3)nc12. The van der Waals surface area contributed by atoms with Crippen LogP contribution in [0.15, 0.2) is 102 Å². The van der Waals surface area contributed by atoms with Gasteiger partial charge in [0.15, 0.2) is 5.82 Å². The van der Waals surface area contributed by atoms with Crippen LogP contribution >= 0.6 is 23.4 Å². The van der Waals surface area contributed by atoms with E-state index in [1.807, 2.05) is 42.5 Å². The minimum Gasteiger partial charge on any atom is -0.459 e. The summed E-state index contributed by atoms with van der Waals surface area (Å²) in [6.45, 7) is 1.83. The van der Waals surface area contributed by atoms with Crippen LogP contribution in [-0.2, 0) is 12.4 Å². The van der Waals surface area contributed by atoms with Gasteiger partial charge in [0.1, 0.15) is 23.6 Å². The van der Waals surface area contributed by atoms with E-state index in [1.54, 1.807) is 18.0 Å².